The topological polar surface area (TPSA) is 102 Å². The average molecular weight is 230 g/mol. The van der Waals surface area contributed by atoms with Crippen molar-refractivity contribution in [3.05, 3.63) is 0 Å². The quantitative estimate of drug-likeness (QED) is 0.454. The first-order chi connectivity index (χ1) is 6.18. The fraction of sp³-hybridized carbons (Fsp3) is 0.857. The first-order valence-corrected chi connectivity index (χ1v) is 3.93. The van der Waals surface area contributed by atoms with Crippen LogP contribution in [0.5, 0.6) is 0 Å². The van der Waals surface area contributed by atoms with Gasteiger partial charge in [-0.2, -0.15) is 0 Å². The predicted molar refractivity (Wildman–Crippen MR) is 51.6 cm³/mol. The predicted octanol–water partition coefficient (Wildman–Crippen LogP) is -1.15. The van der Waals surface area contributed by atoms with E-state index >= 15 is 0 Å². The van der Waals surface area contributed by atoms with Gasteiger partial charge in [0.25, 0.3) is 0 Å². The fourth-order valence-electron chi connectivity index (χ4n) is 0.566. The molecule has 7 heteroatoms. The molecular formula is C7H16ClNO5. The van der Waals surface area contributed by atoms with Crippen LogP contribution in [0, 0.1) is 0 Å². The highest BCUT2D eigenvalue weighted by Gasteiger charge is 2.10. The van der Waals surface area contributed by atoms with E-state index in [1.54, 1.807) is 0 Å². The molecule has 0 aromatic carbocycles. The second-order valence-corrected chi connectivity index (χ2v) is 2.36. The molecule has 0 heterocycles. The number of hydrogen-bond acceptors (Lipinski definition) is 5. The van der Waals surface area contributed by atoms with E-state index in [4.69, 9.17) is 25.4 Å². The van der Waals surface area contributed by atoms with Crippen molar-refractivity contribution in [2.24, 2.45) is 5.73 Å². The molecule has 0 rings (SSSR count). The lowest BCUT2D eigenvalue weighted by molar-refractivity contribution is -0.140. The number of carboxylic acid groups (broad SMARTS) is 1. The van der Waals surface area contributed by atoms with E-state index in [-0.39, 0.29) is 38.8 Å². The van der Waals surface area contributed by atoms with E-state index in [1.165, 1.54) is 0 Å². The van der Waals surface area contributed by atoms with Gasteiger partial charge in [0, 0.05) is 0 Å². The van der Waals surface area contributed by atoms with Crippen LogP contribution in [-0.2, 0) is 14.3 Å². The summed E-state index contributed by atoms with van der Waals surface area (Å²) in [7, 11) is 0. The van der Waals surface area contributed by atoms with Crippen molar-refractivity contribution in [3.63, 3.8) is 0 Å². The minimum Gasteiger partial charge on any atom is -0.480 e. The van der Waals surface area contributed by atoms with E-state index in [0.717, 1.165) is 0 Å². The number of aliphatic hydroxyl groups excluding tert-OH is 1. The minimum absolute atomic E-state index is 0. The SMILES string of the molecule is Cl.N[C@@H](COCCOCCO)C(=O)O. The summed E-state index contributed by atoms with van der Waals surface area (Å²) in [5.41, 5.74) is 5.15. The summed E-state index contributed by atoms with van der Waals surface area (Å²) >= 11 is 0. The molecule has 0 aliphatic carbocycles. The molecule has 1 atom stereocenters. The van der Waals surface area contributed by atoms with Crippen molar-refractivity contribution in [2.75, 3.05) is 33.0 Å². The molecule has 0 radical (unpaired) electrons. The normalized spacial score (nSPS) is 11.9. The molecule has 0 spiro atoms. The number of rotatable bonds is 8. The molecule has 0 unspecified atom stereocenters. The lowest BCUT2D eigenvalue weighted by Crippen LogP contribution is -2.35. The Bertz CT molecular complexity index is 146. The van der Waals surface area contributed by atoms with Gasteiger partial charge in [-0.25, -0.2) is 0 Å². The van der Waals surface area contributed by atoms with Gasteiger partial charge in [-0.1, -0.05) is 0 Å². The van der Waals surface area contributed by atoms with E-state index in [2.05, 4.69) is 0 Å². The monoisotopic (exact) mass is 229 g/mol. The molecule has 0 aliphatic heterocycles. The Morgan fingerprint density at radius 2 is 1.86 bits per heavy atom. The molecule has 14 heavy (non-hydrogen) atoms. The largest absolute Gasteiger partial charge is 0.480 e. The van der Waals surface area contributed by atoms with Crippen molar-refractivity contribution < 1.29 is 24.5 Å². The lowest BCUT2D eigenvalue weighted by atomic mass is 10.3. The Hall–Kier alpha value is -0.400. The van der Waals surface area contributed by atoms with Crippen molar-refractivity contribution >= 4 is 18.4 Å². The second kappa shape index (κ2) is 10.7. The Morgan fingerprint density at radius 3 is 2.36 bits per heavy atom. The molecule has 0 bridgehead atoms. The standard InChI is InChI=1S/C7H15NO5.ClH/c8-6(7(10)11)5-13-4-3-12-2-1-9;/h6,9H,1-5,8H2,(H,10,11);1H/t6-;/m0./s1. The number of ether oxygens (including phenoxy) is 2. The molecule has 0 aliphatic rings. The van der Waals surface area contributed by atoms with Crippen LogP contribution in [0.3, 0.4) is 0 Å². The molecule has 0 aromatic rings. The van der Waals surface area contributed by atoms with Gasteiger partial charge in [0.1, 0.15) is 6.04 Å². The van der Waals surface area contributed by atoms with Gasteiger partial charge >= 0.3 is 5.97 Å². The maximum atomic E-state index is 10.2. The Kier molecular flexibility index (Phi) is 12.2. The number of aliphatic hydroxyl groups is 1. The van der Waals surface area contributed by atoms with Crippen molar-refractivity contribution in [2.45, 2.75) is 6.04 Å². The van der Waals surface area contributed by atoms with Gasteiger partial charge in [-0.05, 0) is 0 Å². The highest BCUT2D eigenvalue weighted by atomic mass is 35.5. The molecule has 86 valence electrons. The van der Waals surface area contributed by atoms with E-state index in [0.29, 0.717) is 6.61 Å². The Labute approximate surface area is 88.4 Å². The van der Waals surface area contributed by atoms with E-state index < -0.39 is 12.0 Å². The summed E-state index contributed by atoms with van der Waals surface area (Å²) in [6.07, 6.45) is 0. The van der Waals surface area contributed by atoms with Gasteiger partial charge in [-0.3, -0.25) is 4.79 Å². The van der Waals surface area contributed by atoms with Crippen LogP contribution in [0.1, 0.15) is 0 Å². The summed E-state index contributed by atoms with van der Waals surface area (Å²) in [6, 6.07) is -0.988. The minimum atomic E-state index is -1.09. The van der Waals surface area contributed by atoms with Gasteiger partial charge in [-0.15, -0.1) is 12.4 Å². The van der Waals surface area contributed by atoms with E-state index in [1.807, 2.05) is 0 Å². The second-order valence-electron chi connectivity index (χ2n) is 2.36. The fourth-order valence-corrected chi connectivity index (χ4v) is 0.566. The number of carbonyl (C=O) groups is 1. The van der Waals surface area contributed by atoms with Crippen LogP contribution in [0.15, 0.2) is 0 Å². The summed E-state index contributed by atoms with van der Waals surface area (Å²) in [6.45, 7) is 0.800. The zero-order valence-corrected chi connectivity index (χ0v) is 8.53. The molecule has 0 amide bonds. The number of aliphatic carboxylic acids is 1. The van der Waals surface area contributed by atoms with Crippen LogP contribution in [0.25, 0.3) is 0 Å². The van der Waals surface area contributed by atoms with E-state index in [9.17, 15) is 4.79 Å². The summed E-state index contributed by atoms with van der Waals surface area (Å²) in [4.78, 5) is 10.2. The van der Waals surface area contributed by atoms with Gasteiger partial charge in [0.05, 0.1) is 33.0 Å². The molecular weight excluding hydrogens is 214 g/mol. The van der Waals surface area contributed by atoms with Gasteiger partial charge < -0.3 is 25.4 Å². The Balaban J connectivity index is 0. The summed E-state index contributed by atoms with van der Waals surface area (Å²) in [5, 5.41) is 16.7. The van der Waals surface area contributed by atoms with Gasteiger partial charge in [0.15, 0.2) is 0 Å². The Morgan fingerprint density at radius 1 is 1.29 bits per heavy atom. The van der Waals surface area contributed by atoms with Crippen LogP contribution in [0.2, 0.25) is 0 Å². The molecule has 0 saturated heterocycles. The summed E-state index contributed by atoms with van der Waals surface area (Å²) in [5.74, 6) is -1.09. The van der Waals surface area contributed by atoms with Crippen molar-refractivity contribution in [3.8, 4) is 0 Å². The lowest BCUT2D eigenvalue weighted by Gasteiger charge is -2.07. The molecule has 4 N–H and O–H groups in total. The third kappa shape index (κ3) is 9.69. The van der Waals surface area contributed by atoms with Crippen LogP contribution in [0.4, 0.5) is 0 Å². The van der Waals surface area contributed by atoms with Gasteiger partial charge in [0.2, 0.25) is 0 Å². The molecule has 0 fully saturated rings. The number of halogens is 1. The smallest absolute Gasteiger partial charge is 0.322 e. The summed E-state index contributed by atoms with van der Waals surface area (Å²) < 4.78 is 9.75. The molecule has 6 nitrogen and oxygen atoms in total. The third-order valence-electron chi connectivity index (χ3n) is 1.22. The number of carboxylic acids is 1. The van der Waals surface area contributed by atoms with Crippen molar-refractivity contribution in [1.29, 1.82) is 0 Å². The highest BCUT2D eigenvalue weighted by molar-refractivity contribution is 5.85. The highest BCUT2D eigenvalue weighted by Crippen LogP contribution is 1.83. The number of nitrogens with two attached hydrogens (primary N) is 1. The van der Waals surface area contributed by atoms with Crippen LogP contribution in [-0.4, -0.2) is 55.3 Å². The zero-order chi connectivity index (χ0) is 10.1. The molecule has 0 saturated carbocycles. The number of hydrogen-bond donors (Lipinski definition) is 3. The molecule has 0 aromatic heterocycles. The van der Waals surface area contributed by atoms with Crippen molar-refractivity contribution in [1.82, 2.24) is 0 Å². The average Bonchev–Trinajstić information content (AvgIpc) is 2.10. The van der Waals surface area contributed by atoms with Crippen LogP contribution >= 0.6 is 12.4 Å². The maximum absolute atomic E-state index is 10.2. The maximum Gasteiger partial charge on any atom is 0.322 e. The third-order valence-corrected chi connectivity index (χ3v) is 1.22. The first kappa shape index (κ1) is 16.0. The zero-order valence-electron chi connectivity index (χ0n) is 7.72. The van der Waals surface area contributed by atoms with Crippen LogP contribution < -0.4 is 5.73 Å². The first-order valence-electron chi connectivity index (χ1n) is 3.93.